The van der Waals surface area contributed by atoms with Crippen molar-refractivity contribution >= 4 is 11.9 Å². The van der Waals surface area contributed by atoms with E-state index < -0.39 is 17.7 Å². The van der Waals surface area contributed by atoms with Crippen molar-refractivity contribution in [3.8, 4) is 5.75 Å². The van der Waals surface area contributed by atoms with Crippen LogP contribution in [0.3, 0.4) is 0 Å². The van der Waals surface area contributed by atoms with E-state index in [-0.39, 0.29) is 30.7 Å². The van der Waals surface area contributed by atoms with Gasteiger partial charge in [0.2, 0.25) is 5.91 Å². The summed E-state index contributed by atoms with van der Waals surface area (Å²) < 4.78 is 18.5. The number of carbonyl (C=O) groups is 2. The highest BCUT2D eigenvalue weighted by molar-refractivity contribution is 5.78. The number of rotatable bonds is 6. The number of hydrogen-bond donors (Lipinski definition) is 2. The predicted molar refractivity (Wildman–Crippen MR) is 73.4 cm³/mol. The maximum absolute atomic E-state index is 13.3. The Bertz CT molecular complexity index is 520. The van der Waals surface area contributed by atoms with Gasteiger partial charge < -0.3 is 15.2 Å². The highest BCUT2D eigenvalue weighted by Crippen LogP contribution is 2.25. The molecule has 0 heterocycles. The minimum Gasteiger partial charge on any atom is -0.490 e. The van der Waals surface area contributed by atoms with E-state index in [0.29, 0.717) is 12.8 Å². The minimum atomic E-state index is -0.875. The van der Waals surface area contributed by atoms with Crippen LogP contribution in [0.25, 0.3) is 0 Å². The second-order valence-corrected chi connectivity index (χ2v) is 5.08. The number of benzene rings is 1. The van der Waals surface area contributed by atoms with E-state index >= 15 is 0 Å². The zero-order valence-electron chi connectivity index (χ0n) is 11.5. The Kier molecular flexibility index (Phi) is 5.14. The molecule has 0 radical (unpaired) electrons. The predicted octanol–water partition coefficient (Wildman–Crippen LogP) is 1.96. The Labute approximate surface area is 122 Å². The lowest BCUT2D eigenvalue weighted by Crippen LogP contribution is -2.40. The van der Waals surface area contributed by atoms with E-state index in [0.717, 1.165) is 6.42 Å². The summed E-state index contributed by atoms with van der Waals surface area (Å²) in [6, 6.07) is 5.66. The summed E-state index contributed by atoms with van der Waals surface area (Å²) in [4.78, 5) is 22.8. The van der Waals surface area contributed by atoms with Gasteiger partial charge in [-0.2, -0.15) is 0 Å². The maximum atomic E-state index is 13.3. The number of aliphatic carboxylic acids is 1. The molecule has 114 valence electrons. The summed E-state index contributed by atoms with van der Waals surface area (Å²) in [5.74, 6) is -2.03. The Morgan fingerprint density at radius 1 is 1.33 bits per heavy atom. The average molecular weight is 295 g/mol. The lowest BCUT2D eigenvalue weighted by Gasteiger charge is -2.17. The van der Waals surface area contributed by atoms with E-state index in [4.69, 9.17) is 9.84 Å². The molecule has 1 aromatic rings. The van der Waals surface area contributed by atoms with Crippen molar-refractivity contribution in [3.63, 3.8) is 0 Å². The number of hydrogen-bond acceptors (Lipinski definition) is 3. The van der Waals surface area contributed by atoms with Crippen molar-refractivity contribution in [1.82, 2.24) is 5.32 Å². The summed E-state index contributed by atoms with van der Waals surface area (Å²) in [7, 11) is 0. The highest BCUT2D eigenvalue weighted by atomic mass is 19.1. The van der Waals surface area contributed by atoms with Crippen molar-refractivity contribution in [2.45, 2.75) is 31.7 Å². The molecular formula is C15H18FNO4. The molecule has 6 heteroatoms. The quantitative estimate of drug-likeness (QED) is 0.841. The number of carboxylic acids is 1. The summed E-state index contributed by atoms with van der Waals surface area (Å²) in [6.07, 6.45) is 2.13. The number of ether oxygens (including phenoxy) is 1. The number of amides is 1. The standard InChI is InChI=1S/C15H18FNO4/c16-11-5-1-2-7-13(11)21-9-8-14(18)17-12-6-3-4-10(12)15(19)20/h1-2,5,7,10,12H,3-4,6,8-9H2,(H,17,18)(H,19,20). The van der Waals surface area contributed by atoms with Gasteiger partial charge in [-0.3, -0.25) is 9.59 Å². The van der Waals surface area contributed by atoms with E-state index in [1.165, 1.54) is 12.1 Å². The molecule has 1 aromatic carbocycles. The fourth-order valence-corrected chi connectivity index (χ4v) is 2.52. The second kappa shape index (κ2) is 7.06. The average Bonchev–Trinajstić information content (AvgIpc) is 2.89. The third-order valence-corrected chi connectivity index (χ3v) is 3.60. The fraction of sp³-hybridized carbons (Fsp3) is 0.467. The van der Waals surface area contributed by atoms with Crippen LogP contribution in [0, 0.1) is 11.7 Å². The van der Waals surface area contributed by atoms with Crippen molar-refractivity contribution in [2.75, 3.05) is 6.61 Å². The van der Waals surface area contributed by atoms with Gasteiger partial charge in [-0.05, 0) is 25.0 Å². The maximum Gasteiger partial charge on any atom is 0.308 e. The molecule has 2 rings (SSSR count). The Morgan fingerprint density at radius 2 is 2.10 bits per heavy atom. The van der Waals surface area contributed by atoms with Crippen LogP contribution in [0.2, 0.25) is 0 Å². The SMILES string of the molecule is O=C(CCOc1ccccc1F)NC1CCCC1C(=O)O. The summed E-state index contributed by atoms with van der Waals surface area (Å²) in [5, 5.41) is 11.8. The van der Waals surface area contributed by atoms with Crippen LogP contribution in [-0.4, -0.2) is 29.6 Å². The number of carboxylic acid groups (broad SMARTS) is 1. The zero-order chi connectivity index (χ0) is 15.2. The molecule has 0 spiro atoms. The minimum absolute atomic E-state index is 0.0528. The van der Waals surface area contributed by atoms with E-state index in [1.54, 1.807) is 12.1 Å². The molecule has 2 N–H and O–H groups in total. The molecule has 1 aliphatic rings. The summed E-state index contributed by atoms with van der Waals surface area (Å²) in [5.41, 5.74) is 0. The Hall–Kier alpha value is -2.11. The van der Waals surface area contributed by atoms with Gasteiger partial charge in [-0.1, -0.05) is 18.6 Å². The first-order valence-electron chi connectivity index (χ1n) is 6.97. The number of carbonyl (C=O) groups excluding carboxylic acids is 1. The lowest BCUT2D eigenvalue weighted by molar-refractivity contribution is -0.142. The van der Waals surface area contributed by atoms with Gasteiger partial charge in [0.1, 0.15) is 0 Å². The molecule has 0 saturated heterocycles. The van der Waals surface area contributed by atoms with Crippen LogP contribution < -0.4 is 10.1 Å². The van der Waals surface area contributed by atoms with Gasteiger partial charge in [0.15, 0.2) is 11.6 Å². The molecule has 1 fully saturated rings. The third-order valence-electron chi connectivity index (χ3n) is 3.60. The number of para-hydroxylation sites is 1. The first kappa shape index (κ1) is 15.3. The van der Waals surface area contributed by atoms with Crippen molar-refractivity contribution in [2.24, 2.45) is 5.92 Å². The molecule has 0 aromatic heterocycles. The zero-order valence-corrected chi connectivity index (χ0v) is 11.5. The Balaban J connectivity index is 1.75. The van der Waals surface area contributed by atoms with Gasteiger partial charge in [0, 0.05) is 6.04 Å². The smallest absolute Gasteiger partial charge is 0.308 e. The van der Waals surface area contributed by atoms with Gasteiger partial charge in [0.05, 0.1) is 18.9 Å². The fourth-order valence-electron chi connectivity index (χ4n) is 2.52. The molecule has 0 bridgehead atoms. The van der Waals surface area contributed by atoms with Crippen LogP contribution in [0.1, 0.15) is 25.7 Å². The topological polar surface area (TPSA) is 75.6 Å². The molecule has 1 amide bonds. The first-order chi connectivity index (χ1) is 10.1. The monoisotopic (exact) mass is 295 g/mol. The molecule has 21 heavy (non-hydrogen) atoms. The number of halogens is 1. The van der Waals surface area contributed by atoms with Crippen LogP contribution in [0.5, 0.6) is 5.75 Å². The highest BCUT2D eigenvalue weighted by Gasteiger charge is 2.33. The van der Waals surface area contributed by atoms with Crippen LogP contribution in [0.4, 0.5) is 4.39 Å². The normalized spacial score (nSPS) is 21.0. The second-order valence-electron chi connectivity index (χ2n) is 5.08. The molecule has 1 saturated carbocycles. The molecular weight excluding hydrogens is 277 g/mol. The van der Waals surface area contributed by atoms with Crippen molar-refractivity contribution in [3.05, 3.63) is 30.1 Å². The molecule has 5 nitrogen and oxygen atoms in total. The van der Waals surface area contributed by atoms with E-state index in [2.05, 4.69) is 5.32 Å². The molecule has 1 aliphatic carbocycles. The molecule has 2 atom stereocenters. The van der Waals surface area contributed by atoms with E-state index in [9.17, 15) is 14.0 Å². The van der Waals surface area contributed by atoms with Gasteiger partial charge in [-0.25, -0.2) is 4.39 Å². The molecule has 2 unspecified atom stereocenters. The third kappa shape index (κ3) is 4.18. The Morgan fingerprint density at radius 3 is 2.81 bits per heavy atom. The van der Waals surface area contributed by atoms with Crippen LogP contribution >= 0.6 is 0 Å². The summed E-state index contributed by atoms with van der Waals surface area (Å²) in [6.45, 7) is 0.0528. The van der Waals surface area contributed by atoms with Gasteiger partial charge in [-0.15, -0.1) is 0 Å². The van der Waals surface area contributed by atoms with Crippen LogP contribution in [-0.2, 0) is 9.59 Å². The lowest BCUT2D eigenvalue weighted by atomic mass is 10.0. The summed E-state index contributed by atoms with van der Waals surface area (Å²) >= 11 is 0. The van der Waals surface area contributed by atoms with Crippen LogP contribution in [0.15, 0.2) is 24.3 Å². The molecule has 0 aliphatic heterocycles. The largest absolute Gasteiger partial charge is 0.490 e. The van der Waals surface area contributed by atoms with Crippen molar-refractivity contribution in [1.29, 1.82) is 0 Å². The first-order valence-corrected chi connectivity index (χ1v) is 6.97. The number of nitrogens with one attached hydrogen (secondary N) is 1. The van der Waals surface area contributed by atoms with Crippen molar-refractivity contribution < 1.29 is 23.8 Å². The van der Waals surface area contributed by atoms with Gasteiger partial charge in [0.25, 0.3) is 0 Å². The van der Waals surface area contributed by atoms with Gasteiger partial charge >= 0.3 is 5.97 Å². The van der Waals surface area contributed by atoms with E-state index in [1.807, 2.05) is 0 Å².